The fourth-order valence-electron chi connectivity index (χ4n) is 2.71. The molecule has 1 aromatic heterocycles. The van der Waals surface area contributed by atoms with Crippen molar-refractivity contribution >= 4 is 17.4 Å². The van der Waals surface area contributed by atoms with Crippen molar-refractivity contribution in [1.82, 2.24) is 9.55 Å². The van der Waals surface area contributed by atoms with Crippen molar-refractivity contribution in [3.05, 3.63) is 62.4 Å². The van der Waals surface area contributed by atoms with Crippen LogP contribution in [0.2, 0.25) is 0 Å². The van der Waals surface area contributed by atoms with Crippen molar-refractivity contribution in [1.29, 1.82) is 0 Å². The smallest absolute Gasteiger partial charge is 0.351 e. The third-order valence-corrected chi connectivity index (χ3v) is 4.06. The molecule has 2 N–H and O–H groups in total. The molecule has 0 aliphatic carbocycles. The van der Waals surface area contributed by atoms with Gasteiger partial charge >= 0.3 is 5.69 Å². The molecule has 142 valence electrons. The monoisotopic (exact) mass is 378 g/mol. The summed E-state index contributed by atoms with van der Waals surface area (Å²) in [5.41, 5.74) is -1.22. The van der Waals surface area contributed by atoms with E-state index in [4.69, 9.17) is 9.84 Å². The maximum atomic E-state index is 14.3. The number of halogens is 1. The number of ether oxygens (including phenoxy) is 1. The zero-order chi connectivity index (χ0) is 19.6. The Morgan fingerprint density at radius 3 is 2.93 bits per heavy atom. The molecule has 2 aromatic rings. The van der Waals surface area contributed by atoms with Gasteiger partial charge in [0.05, 0.1) is 23.8 Å². The van der Waals surface area contributed by atoms with Gasteiger partial charge in [-0.1, -0.05) is 6.07 Å². The van der Waals surface area contributed by atoms with Crippen LogP contribution in [-0.4, -0.2) is 38.2 Å². The van der Waals surface area contributed by atoms with E-state index in [9.17, 15) is 24.1 Å². The van der Waals surface area contributed by atoms with Gasteiger partial charge in [0.25, 0.3) is 11.6 Å². The third-order valence-electron chi connectivity index (χ3n) is 4.06. The summed E-state index contributed by atoms with van der Waals surface area (Å²) in [6.07, 6.45) is 0.603. The van der Waals surface area contributed by atoms with Crippen molar-refractivity contribution in [3.63, 3.8) is 0 Å². The Kier molecular flexibility index (Phi) is 5.23. The van der Waals surface area contributed by atoms with E-state index >= 15 is 0 Å². The molecule has 0 saturated carbocycles. The van der Waals surface area contributed by atoms with Crippen LogP contribution in [0.4, 0.5) is 15.9 Å². The van der Waals surface area contributed by atoms with E-state index in [1.165, 1.54) is 18.2 Å². The lowest BCUT2D eigenvalue weighted by atomic mass is 10.2. The topological polar surface area (TPSA) is 137 Å². The summed E-state index contributed by atoms with van der Waals surface area (Å²) in [4.78, 5) is 37.9. The van der Waals surface area contributed by atoms with Gasteiger partial charge in [-0.05, 0) is 18.9 Å². The summed E-state index contributed by atoms with van der Waals surface area (Å²) >= 11 is 0. The number of non-ortho nitro benzene ring substituents is 1. The molecule has 1 saturated heterocycles. The van der Waals surface area contributed by atoms with Gasteiger partial charge in [0, 0.05) is 17.7 Å². The second-order valence-corrected chi connectivity index (χ2v) is 5.86. The second-order valence-electron chi connectivity index (χ2n) is 5.86. The molecule has 3 rings (SSSR count). The molecule has 0 bridgehead atoms. The average Bonchev–Trinajstić information content (AvgIpc) is 3.13. The fraction of sp³-hybridized carbons (Fsp3) is 0.312. The van der Waals surface area contributed by atoms with Gasteiger partial charge in [0.15, 0.2) is 11.6 Å². The van der Waals surface area contributed by atoms with Crippen LogP contribution >= 0.6 is 0 Å². The summed E-state index contributed by atoms with van der Waals surface area (Å²) in [6, 6.07) is 4.85. The Bertz CT molecular complexity index is 947. The minimum Gasteiger partial charge on any atom is -0.394 e. The van der Waals surface area contributed by atoms with E-state index in [0.29, 0.717) is 12.8 Å². The number of hydrogen-bond acceptors (Lipinski definition) is 7. The number of carbonyl (C=O) groups is 1. The van der Waals surface area contributed by atoms with Crippen molar-refractivity contribution in [3.8, 4) is 0 Å². The highest BCUT2D eigenvalue weighted by Crippen LogP contribution is 2.27. The van der Waals surface area contributed by atoms with Crippen LogP contribution in [0.5, 0.6) is 0 Å². The molecule has 10 nitrogen and oxygen atoms in total. The van der Waals surface area contributed by atoms with Gasteiger partial charge in [-0.2, -0.15) is 4.98 Å². The number of benzene rings is 1. The summed E-state index contributed by atoms with van der Waals surface area (Å²) in [6.45, 7) is -0.210. The minimum atomic E-state index is -0.968. The van der Waals surface area contributed by atoms with Gasteiger partial charge in [-0.15, -0.1) is 0 Å². The number of amides is 1. The first-order valence-corrected chi connectivity index (χ1v) is 8.00. The number of hydrogen-bond donors (Lipinski definition) is 2. The molecule has 0 radical (unpaired) electrons. The first-order valence-electron chi connectivity index (χ1n) is 8.00. The maximum Gasteiger partial charge on any atom is 0.351 e. The number of nitro benzene ring substituents is 1. The quantitative estimate of drug-likeness (QED) is 0.589. The van der Waals surface area contributed by atoms with Crippen LogP contribution in [0, 0.1) is 15.9 Å². The number of nitrogens with one attached hydrogen (secondary N) is 1. The first kappa shape index (κ1) is 18.6. The molecule has 1 amide bonds. The Morgan fingerprint density at radius 1 is 1.48 bits per heavy atom. The molecule has 1 fully saturated rings. The zero-order valence-corrected chi connectivity index (χ0v) is 13.9. The molecule has 0 unspecified atom stereocenters. The molecule has 2 heterocycles. The Balaban J connectivity index is 1.81. The van der Waals surface area contributed by atoms with Gasteiger partial charge in [0.1, 0.15) is 6.23 Å². The number of carbonyl (C=O) groups excluding carboxylic acids is 1. The zero-order valence-electron chi connectivity index (χ0n) is 13.9. The molecule has 1 aromatic carbocycles. The highest BCUT2D eigenvalue weighted by Gasteiger charge is 2.28. The number of aromatic nitrogens is 2. The molecule has 1 aliphatic rings. The third kappa shape index (κ3) is 3.99. The lowest BCUT2D eigenvalue weighted by Crippen LogP contribution is -2.30. The fourth-order valence-corrected chi connectivity index (χ4v) is 2.71. The van der Waals surface area contributed by atoms with Crippen molar-refractivity contribution in [2.24, 2.45) is 0 Å². The largest absolute Gasteiger partial charge is 0.394 e. The number of aliphatic hydroxyl groups is 1. The van der Waals surface area contributed by atoms with E-state index in [1.807, 2.05) is 0 Å². The van der Waals surface area contributed by atoms with E-state index in [2.05, 4.69) is 10.3 Å². The predicted molar refractivity (Wildman–Crippen MR) is 89.7 cm³/mol. The summed E-state index contributed by atoms with van der Waals surface area (Å²) in [5.74, 6) is -2.41. The molecule has 11 heteroatoms. The molecule has 0 spiro atoms. The summed E-state index contributed by atoms with van der Waals surface area (Å²) < 4.78 is 20.7. The lowest BCUT2D eigenvalue weighted by molar-refractivity contribution is -0.384. The van der Waals surface area contributed by atoms with E-state index in [0.717, 1.165) is 16.8 Å². The SMILES string of the molecule is O=C(Nc1nc(=O)n([C@H]2CC[C@@H](CO)O2)cc1F)c1cccc([N+](=O)[O-])c1. The van der Waals surface area contributed by atoms with E-state index in [1.54, 1.807) is 0 Å². The number of rotatable bonds is 5. The number of nitro groups is 1. The van der Waals surface area contributed by atoms with Crippen LogP contribution in [-0.2, 0) is 4.74 Å². The minimum absolute atomic E-state index is 0.0838. The Morgan fingerprint density at radius 2 is 2.26 bits per heavy atom. The van der Waals surface area contributed by atoms with E-state index < -0.39 is 40.5 Å². The molecule has 1 aliphatic heterocycles. The number of nitrogens with zero attached hydrogens (tertiary/aromatic N) is 3. The average molecular weight is 378 g/mol. The van der Waals surface area contributed by atoms with Crippen LogP contribution in [0.3, 0.4) is 0 Å². The van der Waals surface area contributed by atoms with Gasteiger partial charge < -0.3 is 15.2 Å². The van der Waals surface area contributed by atoms with Gasteiger partial charge in [-0.25, -0.2) is 9.18 Å². The molecular formula is C16H15FN4O6. The van der Waals surface area contributed by atoms with Gasteiger partial charge in [0.2, 0.25) is 0 Å². The van der Waals surface area contributed by atoms with Crippen LogP contribution in [0.15, 0.2) is 35.3 Å². The number of aliphatic hydroxyl groups excluding tert-OH is 1. The summed E-state index contributed by atoms with van der Waals surface area (Å²) in [5, 5.41) is 22.0. The summed E-state index contributed by atoms with van der Waals surface area (Å²) in [7, 11) is 0. The highest BCUT2D eigenvalue weighted by atomic mass is 19.1. The number of anilines is 1. The van der Waals surface area contributed by atoms with Crippen molar-refractivity contribution in [2.45, 2.75) is 25.2 Å². The van der Waals surface area contributed by atoms with Crippen LogP contribution in [0.1, 0.15) is 29.4 Å². The van der Waals surface area contributed by atoms with E-state index in [-0.39, 0.29) is 17.9 Å². The molecule has 27 heavy (non-hydrogen) atoms. The first-order chi connectivity index (χ1) is 12.9. The predicted octanol–water partition coefficient (Wildman–Crippen LogP) is 1.21. The van der Waals surface area contributed by atoms with Crippen LogP contribution < -0.4 is 11.0 Å². The highest BCUT2D eigenvalue weighted by molar-refractivity contribution is 6.04. The van der Waals surface area contributed by atoms with Crippen molar-refractivity contribution < 1.29 is 24.0 Å². The van der Waals surface area contributed by atoms with Crippen LogP contribution in [0.25, 0.3) is 0 Å². The normalized spacial score (nSPS) is 19.0. The maximum absolute atomic E-state index is 14.3. The Hall–Kier alpha value is -3.18. The standard InChI is InChI=1S/C16H15FN4O6/c17-12-7-20(13-5-4-11(8-22)27-13)16(24)19-14(12)18-15(23)9-2-1-3-10(6-9)21(25)26/h1-3,6-7,11,13,22H,4-5,8H2,(H,18,19,23,24)/t11-,13+/m0/s1. The molecule has 2 atom stereocenters. The van der Waals surface area contributed by atoms with Gasteiger partial charge in [-0.3, -0.25) is 19.5 Å². The lowest BCUT2D eigenvalue weighted by Gasteiger charge is -2.15. The molecular weight excluding hydrogens is 363 g/mol. The van der Waals surface area contributed by atoms with Crippen molar-refractivity contribution in [2.75, 3.05) is 11.9 Å². The Labute approximate surface area is 151 Å². The second kappa shape index (κ2) is 7.60.